The van der Waals surface area contributed by atoms with Crippen LogP contribution < -0.4 is 0 Å². The van der Waals surface area contributed by atoms with E-state index in [4.69, 9.17) is 11.6 Å². The highest BCUT2D eigenvalue weighted by Crippen LogP contribution is 2.39. The summed E-state index contributed by atoms with van der Waals surface area (Å²) in [6.07, 6.45) is -4.72. The first kappa shape index (κ1) is 14.3. The molecule has 0 aliphatic heterocycles. The van der Waals surface area contributed by atoms with E-state index in [1.54, 1.807) is 0 Å². The third kappa shape index (κ3) is 3.35. The molecule has 0 aliphatic carbocycles. The Morgan fingerprint density at radius 1 is 1.47 bits per heavy atom. The molecule has 0 heterocycles. The zero-order chi connectivity index (χ0) is 13.2. The van der Waals surface area contributed by atoms with Crippen molar-refractivity contribution in [3.05, 3.63) is 33.3 Å². The van der Waals surface area contributed by atoms with Gasteiger partial charge in [0.1, 0.15) is 0 Å². The Kier molecular flexibility index (Phi) is 4.43. The molecule has 1 rings (SSSR count). The minimum Gasteiger partial charge on any atom is -0.468 e. The first-order chi connectivity index (χ1) is 7.77. The Morgan fingerprint density at radius 3 is 2.47 bits per heavy atom. The molecule has 7 heteroatoms. The molecule has 1 unspecified atom stereocenters. The Morgan fingerprint density at radius 2 is 2.06 bits per heavy atom. The zero-order valence-electron chi connectivity index (χ0n) is 8.52. The van der Waals surface area contributed by atoms with E-state index in [2.05, 4.69) is 20.7 Å². The van der Waals surface area contributed by atoms with E-state index >= 15 is 0 Å². The number of halogens is 5. The van der Waals surface area contributed by atoms with Crippen LogP contribution in [0.3, 0.4) is 0 Å². The molecule has 0 saturated heterocycles. The fourth-order valence-electron chi connectivity index (χ4n) is 1.29. The van der Waals surface area contributed by atoms with Crippen molar-refractivity contribution in [1.82, 2.24) is 0 Å². The summed E-state index contributed by atoms with van der Waals surface area (Å²) in [5.41, 5.74) is -0.228. The highest BCUT2D eigenvalue weighted by atomic mass is 79.9. The quantitative estimate of drug-likeness (QED) is 0.768. The van der Waals surface area contributed by atoms with E-state index in [-0.39, 0.29) is 15.1 Å². The lowest BCUT2D eigenvalue weighted by molar-refractivity contribution is -0.179. The van der Waals surface area contributed by atoms with Gasteiger partial charge in [0.15, 0.2) is 5.92 Å². The molecule has 1 aromatic carbocycles. The van der Waals surface area contributed by atoms with Crippen molar-refractivity contribution >= 4 is 33.5 Å². The predicted molar refractivity (Wildman–Crippen MR) is 60.0 cm³/mol. The van der Waals surface area contributed by atoms with Crippen LogP contribution in [0.4, 0.5) is 13.2 Å². The molecule has 0 saturated carbocycles. The van der Waals surface area contributed by atoms with E-state index in [9.17, 15) is 18.0 Å². The summed E-state index contributed by atoms with van der Waals surface area (Å²) in [6, 6.07) is 3.71. The highest BCUT2D eigenvalue weighted by molar-refractivity contribution is 9.10. The Bertz CT molecular complexity index is 434. The maximum atomic E-state index is 12.8. The summed E-state index contributed by atoms with van der Waals surface area (Å²) in [5.74, 6) is -3.68. The van der Waals surface area contributed by atoms with E-state index in [0.717, 1.165) is 13.2 Å². The minimum absolute atomic E-state index is 0.109. The second kappa shape index (κ2) is 5.27. The van der Waals surface area contributed by atoms with E-state index in [0.29, 0.717) is 0 Å². The molecule has 94 valence electrons. The molecule has 0 radical (unpaired) electrons. The van der Waals surface area contributed by atoms with Crippen LogP contribution >= 0.6 is 27.5 Å². The molecule has 0 aliphatic rings. The predicted octanol–water partition coefficient (Wildman–Crippen LogP) is 3.92. The van der Waals surface area contributed by atoms with Crippen molar-refractivity contribution in [2.75, 3.05) is 7.11 Å². The van der Waals surface area contributed by atoms with Crippen LogP contribution in [-0.4, -0.2) is 19.3 Å². The SMILES string of the molecule is COC(=O)C(c1ccc(Cl)cc1Br)C(F)(F)F. The van der Waals surface area contributed by atoms with E-state index < -0.39 is 18.1 Å². The van der Waals surface area contributed by atoms with Gasteiger partial charge in [-0.25, -0.2) is 0 Å². The van der Waals surface area contributed by atoms with Gasteiger partial charge in [-0.15, -0.1) is 0 Å². The number of benzene rings is 1. The number of hydrogen-bond donors (Lipinski definition) is 0. The normalized spacial score (nSPS) is 13.3. The van der Waals surface area contributed by atoms with Gasteiger partial charge in [-0.1, -0.05) is 33.6 Å². The second-order valence-electron chi connectivity index (χ2n) is 3.16. The number of carbonyl (C=O) groups excluding carboxylic acids is 1. The van der Waals surface area contributed by atoms with Crippen molar-refractivity contribution in [3.63, 3.8) is 0 Å². The van der Waals surface area contributed by atoms with Crippen LogP contribution in [0.15, 0.2) is 22.7 Å². The molecule has 0 bridgehead atoms. The van der Waals surface area contributed by atoms with Gasteiger partial charge in [-0.2, -0.15) is 13.2 Å². The molecule has 1 aromatic rings. The monoisotopic (exact) mass is 330 g/mol. The van der Waals surface area contributed by atoms with Gasteiger partial charge in [0, 0.05) is 9.50 Å². The number of hydrogen-bond acceptors (Lipinski definition) is 2. The Labute approximate surface area is 109 Å². The summed E-state index contributed by atoms with van der Waals surface area (Å²) >= 11 is 8.57. The fourth-order valence-corrected chi connectivity index (χ4v) is 2.20. The van der Waals surface area contributed by atoms with Crippen LogP contribution in [0.5, 0.6) is 0 Å². The lowest BCUT2D eigenvalue weighted by Crippen LogP contribution is -2.29. The summed E-state index contributed by atoms with van der Waals surface area (Å²) in [4.78, 5) is 11.2. The Hall–Kier alpha value is -0.750. The van der Waals surface area contributed by atoms with Crippen molar-refractivity contribution in [3.8, 4) is 0 Å². The second-order valence-corrected chi connectivity index (χ2v) is 4.45. The smallest absolute Gasteiger partial charge is 0.406 e. The average Bonchev–Trinajstić information content (AvgIpc) is 2.19. The van der Waals surface area contributed by atoms with Crippen LogP contribution in [0.25, 0.3) is 0 Å². The number of rotatable bonds is 2. The van der Waals surface area contributed by atoms with Gasteiger partial charge in [0.25, 0.3) is 0 Å². The largest absolute Gasteiger partial charge is 0.468 e. The van der Waals surface area contributed by atoms with Gasteiger partial charge < -0.3 is 4.74 Å². The van der Waals surface area contributed by atoms with Gasteiger partial charge in [0.05, 0.1) is 7.11 Å². The van der Waals surface area contributed by atoms with Crippen LogP contribution in [-0.2, 0) is 9.53 Å². The topological polar surface area (TPSA) is 26.3 Å². The van der Waals surface area contributed by atoms with Crippen molar-refractivity contribution < 1.29 is 22.7 Å². The molecule has 0 N–H and O–H groups in total. The molecule has 0 amide bonds. The van der Waals surface area contributed by atoms with Crippen molar-refractivity contribution in [1.29, 1.82) is 0 Å². The summed E-state index contributed by atoms with van der Waals surface area (Å²) in [5, 5.41) is 0.270. The first-order valence-corrected chi connectivity index (χ1v) is 5.54. The van der Waals surface area contributed by atoms with Crippen LogP contribution in [0.1, 0.15) is 11.5 Å². The average molecular weight is 332 g/mol. The molecule has 0 aromatic heterocycles. The maximum absolute atomic E-state index is 12.8. The lowest BCUT2D eigenvalue weighted by Gasteiger charge is -2.19. The van der Waals surface area contributed by atoms with Crippen LogP contribution in [0.2, 0.25) is 5.02 Å². The third-order valence-electron chi connectivity index (χ3n) is 2.04. The molecule has 17 heavy (non-hydrogen) atoms. The summed E-state index contributed by atoms with van der Waals surface area (Å²) in [7, 11) is 0.908. The molecule has 2 nitrogen and oxygen atoms in total. The zero-order valence-corrected chi connectivity index (χ0v) is 10.9. The standard InChI is InChI=1S/C10H7BrClF3O2/c1-17-9(16)8(10(13,14)15)6-3-2-5(12)4-7(6)11/h2-4,8H,1H3. The van der Waals surface area contributed by atoms with Gasteiger partial charge in [-0.05, 0) is 17.7 Å². The molecular weight excluding hydrogens is 324 g/mol. The molecule has 1 atom stereocenters. The van der Waals surface area contributed by atoms with E-state index in [1.807, 2.05) is 0 Å². The Balaban J connectivity index is 3.28. The molecular formula is C10H7BrClF3O2. The van der Waals surface area contributed by atoms with Crippen molar-refractivity contribution in [2.24, 2.45) is 0 Å². The van der Waals surface area contributed by atoms with Gasteiger partial charge >= 0.3 is 12.1 Å². The summed E-state index contributed by atoms with van der Waals surface area (Å²) in [6.45, 7) is 0. The number of carbonyl (C=O) groups is 1. The molecule has 0 fully saturated rings. The van der Waals surface area contributed by atoms with E-state index in [1.165, 1.54) is 12.1 Å². The molecule has 0 spiro atoms. The number of alkyl halides is 3. The number of ether oxygens (including phenoxy) is 1. The van der Waals surface area contributed by atoms with Crippen LogP contribution in [0, 0.1) is 0 Å². The van der Waals surface area contributed by atoms with Crippen molar-refractivity contribution in [2.45, 2.75) is 12.1 Å². The number of esters is 1. The highest BCUT2D eigenvalue weighted by Gasteiger charge is 2.47. The first-order valence-electron chi connectivity index (χ1n) is 4.37. The maximum Gasteiger partial charge on any atom is 0.406 e. The number of methoxy groups -OCH3 is 1. The fraction of sp³-hybridized carbons (Fsp3) is 0.300. The van der Waals surface area contributed by atoms with Gasteiger partial charge in [-0.3, -0.25) is 4.79 Å². The summed E-state index contributed by atoms with van der Waals surface area (Å²) < 4.78 is 42.6. The minimum atomic E-state index is -4.72. The lowest BCUT2D eigenvalue weighted by atomic mass is 9.99. The van der Waals surface area contributed by atoms with Gasteiger partial charge in [0.2, 0.25) is 0 Å². The third-order valence-corrected chi connectivity index (χ3v) is 2.96.